The van der Waals surface area contributed by atoms with Gasteiger partial charge in [0.2, 0.25) is 0 Å². The van der Waals surface area contributed by atoms with Crippen molar-refractivity contribution in [3.8, 4) is 0 Å². The molecule has 2 unspecified atom stereocenters. The lowest BCUT2D eigenvalue weighted by molar-refractivity contribution is -0.113. The molecule has 0 radical (unpaired) electrons. The molecule has 0 saturated carbocycles. The highest BCUT2D eigenvalue weighted by molar-refractivity contribution is 8.02. The van der Waals surface area contributed by atoms with E-state index >= 15 is 0 Å². The minimum Gasteiger partial charge on any atom is -0.404 e. The number of thioether (sulfide) groups is 1. The van der Waals surface area contributed by atoms with E-state index < -0.39 is 0 Å². The molecule has 1 saturated heterocycles. The molecule has 1 fully saturated rings. The average Bonchev–Trinajstić information content (AvgIpc) is 2.30. The van der Waals surface area contributed by atoms with Crippen molar-refractivity contribution >= 4 is 18.0 Å². The smallest absolute Gasteiger partial charge is 0.137 e. The molecule has 1 rings (SSSR count). The number of piperidine rings is 1. The summed E-state index contributed by atoms with van der Waals surface area (Å²) in [5, 5.41) is 1.92. The number of nitrogens with two attached hydrogens (primary N) is 1. The van der Waals surface area contributed by atoms with Gasteiger partial charge in [-0.3, -0.25) is 4.90 Å². The van der Waals surface area contributed by atoms with Crippen LogP contribution in [0.15, 0.2) is 11.6 Å². The minimum atomic E-state index is 0.159. The van der Waals surface area contributed by atoms with Crippen LogP contribution >= 0.6 is 11.8 Å². The number of carbonyl (C=O) groups excluding carboxylic acids is 1. The van der Waals surface area contributed by atoms with E-state index in [1.807, 2.05) is 5.41 Å². The Labute approximate surface area is 102 Å². The maximum Gasteiger partial charge on any atom is 0.137 e. The van der Waals surface area contributed by atoms with Gasteiger partial charge >= 0.3 is 0 Å². The molecule has 0 aromatic carbocycles. The van der Waals surface area contributed by atoms with Gasteiger partial charge in [-0.05, 0) is 30.7 Å². The Bertz CT molecular complexity index is 233. The molecule has 0 aromatic rings. The van der Waals surface area contributed by atoms with Crippen LogP contribution in [0.2, 0.25) is 0 Å². The van der Waals surface area contributed by atoms with E-state index in [1.54, 1.807) is 18.0 Å². The molecule has 92 valence electrons. The van der Waals surface area contributed by atoms with Crippen LogP contribution in [0.1, 0.15) is 26.2 Å². The highest BCUT2D eigenvalue weighted by Gasteiger charge is 2.22. The number of hydrogen-bond donors (Lipinski definition) is 1. The summed E-state index contributed by atoms with van der Waals surface area (Å²) in [6, 6.07) is 0.159. The van der Waals surface area contributed by atoms with E-state index in [-0.39, 0.29) is 6.04 Å². The normalized spacial score (nSPS) is 24.7. The lowest BCUT2D eigenvalue weighted by atomic mass is 10.0. The zero-order valence-electron chi connectivity index (χ0n) is 9.97. The number of nitrogens with zero attached hydrogens (tertiary/aromatic N) is 1. The van der Waals surface area contributed by atoms with Crippen LogP contribution in [0, 0.1) is 5.92 Å². The molecule has 1 aliphatic rings. The number of hydrogen-bond acceptors (Lipinski definition) is 4. The molecular weight excluding hydrogens is 220 g/mol. The first-order valence-electron chi connectivity index (χ1n) is 5.95. The van der Waals surface area contributed by atoms with Gasteiger partial charge in [-0.15, -0.1) is 11.8 Å². The fraction of sp³-hybridized carbons (Fsp3) is 0.750. The van der Waals surface area contributed by atoms with Gasteiger partial charge in [-0.1, -0.05) is 13.3 Å². The molecule has 0 amide bonds. The third-order valence-corrected chi connectivity index (χ3v) is 4.03. The van der Waals surface area contributed by atoms with E-state index in [2.05, 4.69) is 11.8 Å². The molecule has 0 aromatic heterocycles. The topological polar surface area (TPSA) is 46.3 Å². The summed E-state index contributed by atoms with van der Waals surface area (Å²) in [5.74, 6) is 1.66. The number of aldehydes is 1. The first kappa shape index (κ1) is 13.6. The van der Waals surface area contributed by atoms with Crippen LogP contribution in [0.25, 0.3) is 0 Å². The third kappa shape index (κ3) is 4.58. The molecule has 0 aliphatic carbocycles. The van der Waals surface area contributed by atoms with Gasteiger partial charge < -0.3 is 10.5 Å². The van der Waals surface area contributed by atoms with Crippen molar-refractivity contribution < 1.29 is 4.79 Å². The number of rotatable bonds is 6. The molecule has 2 atom stereocenters. The standard InChI is InChI=1S/C12H22N2OS/c1-11(10-16-7-5-13)8-14-6-3-2-4-12(14)9-15/h5,7,9,11-12H,2-4,6,8,10,13H2,1H3/b7-5-. The van der Waals surface area contributed by atoms with Crippen molar-refractivity contribution in [2.24, 2.45) is 11.7 Å². The Morgan fingerprint density at radius 3 is 3.06 bits per heavy atom. The zero-order valence-corrected chi connectivity index (χ0v) is 10.8. The van der Waals surface area contributed by atoms with Crippen molar-refractivity contribution in [3.63, 3.8) is 0 Å². The Balaban J connectivity index is 2.30. The second-order valence-electron chi connectivity index (χ2n) is 4.46. The molecule has 4 heteroatoms. The van der Waals surface area contributed by atoms with Crippen molar-refractivity contribution in [3.05, 3.63) is 11.6 Å². The summed E-state index contributed by atoms with van der Waals surface area (Å²) in [6.07, 6.45) is 6.14. The summed E-state index contributed by atoms with van der Waals surface area (Å²) in [4.78, 5) is 13.3. The second kappa shape index (κ2) is 7.74. The summed E-state index contributed by atoms with van der Waals surface area (Å²) in [6.45, 7) is 4.33. The molecule has 0 spiro atoms. The van der Waals surface area contributed by atoms with Gasteiger partial charge in [-0.2, -0.15) is 0 Å². The van der Waals surface area contributed by atoms with Gasteiger partial charge in [-0.25, -0.2) is 0 Å². The molecule has 2 N–H and O–H groups in total. The molecule has 16 heavy (non-hydrogen) atoms. The number of likely N-dealkylation sites (tertiary alicyclic amines) is 1. The predicted octanol–water partition coefficient (Wildman–Crippen LogP) is 1.84. The summed E-state index contributed by atoms with van der Waals surface area (Å²) in [5.41, 5.74) is 5.28. The second-order valence-corrected chi connectivity index (χ2v) is 5.40. The lowest BCUT2D eigenvalue weighted by Gasteiger charge is -2.34. The third-order valence-electron chi connectivity index (χ3n) is 2.92. The van der Waals surface area contributed by atoms with Crippen LogP contribution in [0.3, 0.4) is 0 Å². The van der Waals surface area contributed by atoms with Crippen LogP contribution in [-0.2, 0) is 4.79 Å². The minimum absolute atomic E-state index is 0.159. The van der Waals surface area contributed by atoms with Crippen LogP contribution in [-0.4, -0.2) is 36.1 Å². The van der Waals surface area contributed by atoms with Gasteiger partial charge in [0.05, 0.1) is 6.04 Å². The predicted molar refractivity (Wildman–Crippen MR) is 70.2 cm³/mol. The first-order chi connectivity index (χ1) is 7.77. The van der Waals surface area contributed by atoms with E-state index in [0.717, 1.165) is 31.5 Å². The van der Waals surface area contributed by atoms with Crippen LogP contribution in [0.5, 0.6) is 0 Å². The van der Waals surface area contributed by atoms with Gasteiger partial charge in [0.15, 0.2) is 0 Å². The molecule has 3 nitrogen and oxygen atoms in total. The van der Waals surface area contributed by atoms with Gasteiger partial charge in [0.1, 0.15) is 6.29 Å². The summed E-state index contributed by atoms with van der Waals surface area (Å²) >= 11 is 1.74. The quantitative estimate of drug-likeness (QED) is 0.722. The fourth-order valence-electron chi connectivity index (χ4n) is 2.13. The largest absolute Gasteiger partial charge is 0.404 e. The van der Waals surface area contributed by atoms with Crippen molar-refractivity contribution in [2.75, 3.05) is 18.8 Å². The molecule has 0 bridgehead atoms. The van der Waals surface area contributed by atoms with Crippen molar-refractivity contribution in [2.45, 2.75) is 32.2 Å². The Hall–Kier alpha value is -0.480. The van der Waals surface area contributed by atoms with Crippen LogP contribution in [0.4, 0.5) is 0 Å². The summed E-state index contributed by atoms with van der Waals surface area (Å²) in [7, 11) is 0. The highest BCUT2D eigenvalue weighted by atomic mass is 32.2. The van der Waals surface area contributed by atoms with Crippen molar-refractivity contribution in [1.29, 1.82) is 0 Å². The van der Waals surface area contributed by atoms with E-state index in [0.29, 0.717) is 5.92 Å². The van der Waals surface area contributed by atoms with E-state index in [1.165, 1.54) is 12.8 Å². The van der Waals surface area contributed by atoms with Crippen molar-refractivity contribution in [1.82, 2.24) is 4.90 Å². The zero-order chi connectivity index (χ0) is 11.8. The average molecular weight is 242 g/mol. The maximum absolute atomic E-state index is 10.9. The van der Waals surface area contributed by atoms with Crippen LogP contribution < -0.4 is 5.73 Å². The lowest BCUT2D eigenvalue weighted by Crippen LogP contribution is -2.43. The molecule has 1 heterocycles. The Morgan fingerprint density at radius 1 is 1.56 bits per heavy atom. The highest BCUT2D eigenvalue weighted by Crippen LogP contribution is 2.18. The Morgan fingerprint density at radius 2 is 2.38 bits per heavy atom. The number of carbonyl (C=O) groups is 1. The molecular formula is C12H22N2OS. The Kier molecular flexibility index (Phi) is 6.57. The SMILES string of the molecule is CC(CS/C=C\N)CN1CCCCC1C=O. The molecule has 1 aliphatic heterocycles. The van der Waals surface area contributed by atoms with Gasteiger partial charge in [0.25, 0.3) is 0 Å². The van der Waals surface area contributed by atoms with E-state index in [9.17, 15) is 4.79 Å². The maximum atomic E-state index is 10.9. The summed E-state index contributed by atoms with van der Waals surface area (Å²) < 4.78 is 0. The van der Waals surface area contributed by atoms with Gasteiger partial charge in [0, 0.05) is 18.5 Å². The van der Waals surface area contributed by atoms with E-state index in [4.69, 9.17) is 5.73 Å². The monoisotopic (exact) mass is 242 g/mol. The fourth-order valence-corrected chi connectivity index (χ4v) is 2.78. The first-order valence-corrected chi connectivity index (χ1v) is 7.00.